The number of aryl methyl sites for hydroxylation is 1. The molecule has 1 aromatic carbocycles. The molecule has 2 aliphatic heterocycles. The zero-order valence-electron chi connectivity index (χ0n) is 11.7. The van der Waals surface area contributed by atoms with Crippen LogP contribution >= 0.6 is 0 Å². The van der Waals surface area contributed by atoms with Crippen molar-refractivity contribution in [3.63, 3.8) is 0 Å². The van der Waals surface area contributed by atoms with Crippen molar-refractivity contribution in [2.24, 2.45) is 5.73 Å². The number of carbonyl (C=O) groups is 1. The van der Waals surface area contributed by atoms with Crippen molar-refractivity contribution in [1.82, 2.24) is 5.32 Å². The minimum absolute atomic E-state index is 0.0816. The molecule has 0 radical (unpaired) electrons. The third kappa shape index (κ3) is 2.22. The van der Waals surface area contributed by atoms with E-state index in [-0.39, 0.29) is 5.60 Å². The molecule has 108 valence electrons. The van der Waals surface area contributed by atoms with Gasteiger partial charge in [-0.2, -0.15) is 0 Å². The number of nitrogens with two attached hydrogens (primary N) is 1. The van der Waals surface area contributed by atoms with Crippen LogP contribution in [0.4, 0.5) is 0 Å². The van der Waals surface area contributed by atoms with Crippen molar-refractivity contribution in [2.75, 3.05) is 20.2 Å². The molecule has 2 aliphatic rings. The summed E-state index contributed by atoms with van der Waals surface area (Å²) < 4.78 is 11.5. The first-order valence-corrected chi connectivity index (χ1v) is 7.04. The second-order valence-corrected chi connectivity index (χ2v) is 5.56. The van der Waals surface area contributed by atoms with Crippen LogP contribution in [0.15, 0.2) is 12.1 Å². The number of fused-ring (bicyclic) bond motifs is 1. The van der Waals surface area contributed by atoms with E-state index in [2.05, 4.69) is 5.32 Å². The lowest BCUT2D eigenvalue weighted by Crippen LogP contribution is -2.48. The second kappa shape index (κ2) is 4.98. The number of hydrogen-bond donors (Lipinski definition) is 2. The molecule has 0 aromatic heterocycles. The van der Waals surface area contributed by atoms with Crippen LogP contribution in [0.25, 0.3) is 0 Å². The number of carbonyl (C=O) groups excluding carboxylic acids is 1. The molecular weight excluding hydrogens is 256 g/mol. The van der Waals surface area contributed by atoms with E-state index in [0.717, 1.165) is 50.1 Å². The minimum Gasteiger partial charge on any atom is -0.496 e. The Bertz CT molecular complexity index is 536. The largest absolute Gasteiger partial charge is 0.496 e. The lowest BCUT2D eigenvalue weighted by atomic mass is 9.83. The summed E-state index contributed by atoms with van der Waals surface area (Å²) in [5.74, 6) is 0.826. The smallest absolute Gasteiger partial charge is 0.252 e. The van der Waals surface area contributed by atoms with Gasteiger partial charge in [0.05, 0.1) is 12.7 Å². The number of amides is 1. The molecule has 5 heteroatoms. The van der Waals surface area contributed by atoms with Gasteiger partial charge in [0.15, 0.2) is 0 Å². The molecule has 1 aromatic rings. The Morgan fingerprint density at radius 1 is 1.35 bits per heavy atom. The summed E-state index contributed by atoms with van der Waals surface area (Å²) in [7, 11) is 1.55. The van der Waals surface area contributed by atoms with Crippen molar-refractivity contribution < 1.29 is 14.3 Å². The number of nitrogens with one attached hydrogen (secondary N) is 1. The van der Waals surface area contributed by atoms with Gasteiger partial charge in [-0.15, -0.1) is 0 Å². The normalized spacial score (nSPS) is 20.1. The van der Waals surface area contributed by atoms with Gasteiger partial charge in [-0.1, -0.05) is 0 Å². The van der Waals surface area contributed by atoms with Gasteiger partial charge in [-0.05, 0) is 56.5 Å². The van der Waals surface area contributed by atoms with Crippen LogP contribution in [0.2, 0.25) is 0 Å². The van der Waals surface area contributed by atoms with E-state index in [1.807, 2.05) is 6.07 Å². The predicted octanol–water partition coefficient (Wildman–Crippen LogP) is 1.24. The van der Waals surface area contributed by atoms with Crippen LogP contribution < -0.4 is 20.5 Å². The highest BCUT2D eigenvalue weighted by molar-refractivity contribution is 5.96. The Morgan fingerprint density at radius 3 is 2.75 bits per heavy atom. The standard InChI is InChI=1S/C15H20N2O3/c1-19-13-8-10-2-3-15(4-6-17-7-5-15)20-12(10)9-11(13)14(16)18/h8-9,17H,2-7H2,1H3,(H2,16,18). The molecule has 0 atom stereocenters. The van der Waals surface area contributed by atoms with Crippen LogP contribution in [0, 0.1) is 0 Å². The molecular formula is C15H20N2O3. The second-order valence-electron chi connectivity index (χ2n) is 5.56. The zero-order valence-corrected chi connectivity index (χ0v) is 11.7. The summed E-state index contributed by atoms with van der Waals surface area (Å²) in [6, 6.07) is 3.61. The molecule has 0 aliphatic carbocycles. The maximum atomic E-state index is 11.5. The topological polar surface area (TPSA) is 73.6 Å². The summed E-state index contributed by atoms with van der Waals surface area (Å²) in [4.78, 5) is 11.5. The van der Waals surface area contributed by atoms with E-state index in [1.54, 1.807) is 13.2 Å². The summed E-state index contributed by atoms with van der Waals surface area (Å²) in [5, 5.41) is 3.35. The highest BCUT2D eigenvalue weighted by Crippen LogP contribution is 2.40. The molecule has 1 amide bonds. The Hall–Kier alpha value is -1.75. The van der Waals surface area contributed by atoms with Gasteiger partial charge < -0.3 is 20.5 Å². The van der Waals surface area contributed by atoms with Gasteiger partial charge in [0.2, 0.25) is 0 Å². The van der Waals surface area contributed by atoms with Crippen molar-refractivity contribution >= 4 is 5.91 Å². The maximum absolute atomic E-state index is 11.5. The van der Waals surface area contributed by atoms with Crippen molar-refractivity contribution in [3.8, 4) is 11.5 Å². The highest BCUT2D eigenvalue weighted by Gasteiger charge is 2.38. The van der Waals surface area contributed by atoms with Crippen LogP contribution in [0.1, 0.15) is 35.2 Å². The molecule has 3 N–H and O–H groups in total. The van der Waals surface area contributed by atoms with Crippen LogP contribution in [0.5, 0.6) is 11.5 Å². The summed E-state index contributed by atoms with van der Waals surface area (Å²) in [6.07, 6.45) is 3.97. The van der Waals surface area contributed by atoms with E-state index in [1.165, 1.54) is 0 Å². The van der Waals surface area contributed by atoms with E-state index in [4.69, 9.17) is 15.2 Å². The van der Waals surface area contributed by atoms with Gasteiger partial charge in [0.1, 0.15) is 17.1 Å². The van der Waals surface area contributed by atoms with Crippen LogP contribution in [0.3, 0.4) is 0 Å². The zero-order chi connectivity index (χ0) is 14.2. The number of rotatable bonds is 2. The van der Waals surface area contributed by atoms with Gasteiger partial charge in [0, 0.05) is 0 Å². The fraction of sp³-hybridized carbons (Fsp3) is 0.533. The Morgan fingerprint density at radius 2 is 2.10 bits per heavy atom. The summed E-state index contributed by atoms with van der Waals surface area (Å²) in [5.41, 5.74) is 6.81. The number of primary amides is 1. The lowest BCUT2D eigenvalue weighted by molar-refractivity contribution is 0.0168. The third-order valence-electron chi connectivity index (χ3n) is 4.34. The molecule has 1 fully saturated rings. The number of methoxy groups -OCH3 is 1. The summed E-state index contributed by atoms with van der Waals surface area (Å²) in [6.45, 7) is 1.96. The summed E-state index contributed by atoms with van der Waals surface area (Å²) >= 11 is 0. The van der Waals surface area contributed by atoms with Gasteiger partial charge in [-0.25, -0.2) is 0 Å². The lowest BCUT2D eigenvalue weighted by Gasteiger charge is -2.41. The van der Waals surface area contributed by atoms with Crippen LogP contribution in [-0.4, -0.2) is 31.7 Å². The van der Waals surface area contributed by atoms with E-state index < -0.39 is 5.91 Å². The Labute approximate surface area is 118 Å². The number of piperidine rings is 1. The van der Waals surface area contributed by atoms with E-state index in [0.29, 0.717) is 11.3 Å². The quantitative estimate of drug-likeness (QED) is 0.852. The highest BCUT2D eigenvalue weighted by atomic mass is 16.5. The van der Waals surface area contributed by atoms with E-state index in [9.17, 15) is 4.79 Å². The first-order chi connectivity index (χ1) is 9.63. The Kier molecular flexibility index (Phi) is 3.30. The van der Waals surface area contributed by atoms with Gasteiger partial charge in [0.25, 0.3) is 5.91 Å². The Balaban J connectivity index is 1.96. The van der Waals surface area contributed by atoms with E-state index >= 15 is 0 Å². The monoisotopic (exact) mass is 276 g/mol. The molecule has 5 nitrogen and oxygen atoms in total. The number of benzene rings is 1. The van der Waals surface area contributed by atoms with Crippen molar-refractivity contribution in [1.29, 1.82) is 0 Å². The molecule has 1 spiro atoms. The van der Waals surface area contributed by atoms with Crippen molar-refractivity contribution in [2.45, 2.75) is 31.3 Å². The molecule has 20 heavy (non-hydrogen) atoms. The average molecular weight is 276 g/mol. The fourth-order valence-corrected chi connectivity index (χ4v) is 3.14. The fourth-order valence-electron chi connectivity index (χ4n) is 3.14. The average Bonchev–Trinajstić information content (AvgIpc) is 2.46. The molecule has 0 unspecified atom stereocenters. The molecule has 2 heterocycles. The van der Waals surface area contributed by atoms with Crippen LogP contribution in [-0.2, 0) is 6.42 Å². The third-order valence-corrected chi connectivity index (χ3v) is 4.34. The number of ether oxygens (including phenoxy) is 2. The molecule has 0 bridgehead atoms. The maximum Gasteiger partial charge on any atom is 0.252 e. The number of hydrogen-bond acceptors (Lipinski definition) is 4. The molecule has 3 rings (SSSR count). The van der Waals surface area contributed by atoms with Crippen molar-refractivity contribution in [3.05, 3.63) is 23.3 Å². The molecule has 0 saturated carbocycles. The van der Waals surface area contributed by atoms with Gasteiger partial charge in [-0.3, -0.25) is 4.79 Å². The first kappa shape index (κ1) is 13.2. The van der Waals surface area contributed by atoms with Gasteiger partial charge >= 0.3 is 0 Å². The minimum atomic E-state index is -0.488. The predicted molar refractivity (Wildman–Crippen MR) is 75.3 cm³/mol. The SMILES string of the molecule is COc1cc2c(cc1C(N)=O)OC1(CCNCC1)CC2. The first-order valence-electron chi connectivity index (χ1n) is 7.04. The molecule has 1 saturated heterocycles.